The van der Waals surface area contributed by atoms with Crippen molar-refractivity contribution in [1.29, 1.82) is 0 Å². The van der Waals surface area contributed by atoms with Crippen molar-refractivity contribution >= 4 is 5.78 Å². The first-order chi connectivity index (χ1) is 13.9. The van der Waals surface area contributed by atoms with E-state index in [1.165, 1.54) is 0 Å². The number of carbonyl (C=O) groups excluding carboxylic acids is 1. The smallest absolute Gasteiger partial charge is 0.300 e. The molecule has 0 fully saturated rings. The first-order valence-corrected chi connectivity index (χ1v) is 10.8. The van der Waals surface area contributed by atoms with Crippen LogP contribution in [-0.4, -0.2) is 30.0 Å². The molecule has 180 valence electrons. The van der Waals surface area contributed by atoms with Crippen molar-refractivity contribution in [3.8, 4) is 0 Å². The lowest BCUT2D eigenvalue weighted by atomic mass is 9.98. The van der Waals surface area contributed by atoms with E-state index in [1.807, 2.05) is 6.92 Å². The molecular formula is C21H34F8O. The van der Waals surface area contributed by atoms with E-state index in [1.54, 1.807) is 0 Å². The Kier molecular flexibility index (Phi) is 13.8. The minimum absolute atomic E-state index is 0.155. The van der Waals surface area contributed by atoms with Crippen molar-refractivity contribution in [3.05, 3.63) is 0 Å². The second kappa shape index (κ2) is 14.2. The Morgan fingerprint density at radius 3 is 1.40 bits per heavy atom. The lowest BCUT2D eigenvalue weighted by molar-refractivity contribution is -0.339. The number of unbranched alkanes of at least 4 members (excludes halogenated alkanes) is 11. The van der Waals surface area contributed by atoms with E-state index in [-0.39, 0.29) is 6.42 Å². The fraction of sp³-hybridized carbons (Fsp3) is 0.952. The van der Waals surface area contributed by atoms with Crippen molar-refractivity contribution in [3.63, 3.8) is 0 Å². The fourth-order valence-electron chi connectivity index (χ4n) is 3.15. The van der Waals surface area contributed by atoms with Gasteiger partial charge in [0.2, 0.25) is 0 Å². The van der Waals surface area contributed by atoms with Crippen LogP contribution < -0.4 is 0 Å². The average molecular weight is 454 g/mol. The number of hydrogen-bond acceptors (Lipinski definition) is 1. The Hall–Kier alpha value is -0.890. The third kappa shape index (κ3) is 9.94. The van der Waals surface area contributed by atoms with E-state index < -0.39 is 37.0 Å². The van der Waals surface area contributed by atoms with Gasteiger partial charge in [-0.3, -0.25) is 4.79 Å². The summed E-state index contributed by atoms with van der Waals surface area (Å²) in [6.45, 7) is 1.86. The third-order valence-corrected chi connectivity index (χ3v) is 5.24. The number of ketones is 1. The van der Waals surface area contributed by atoms with Crippen LogP contribution in [0.1, 0.15) is 103 Å². The van der Waals surface area contributed by atoms with Crippen LogP contribution in [0.2, 0.25) is 0 Å². The van der Waals surface area contributed by atoms with Gasteiger partial charge in [-0.25, -0.2) is 8.78 Å². The van der Waals surface area contributed by atoms with Crippen LogP contribution in [0.4, 0.5) is 35.1 Å². The molecule has 0 atom stereocenters. The molecule has 0 spiro atoms. The second-order valence-corrected chi connectivity index (χ2v) is 7.84. The van der Waals surface area contributed by atoms with Crippen LogP contribution >= 0.6 is 0 Å². The number of halogens is 8. The lowest BCUT2D eigenvalue weighted by Gasteiger charge is -2.32. The molecule has 0 saturated heterocycles. The molecule has 30 heavy (non-hydrogen) atoms. The maximum Gasteiger partial charge on any atom is 0.377 e. The Balaban J connectivity index is 3.73. The van der Waals surface area contributed by atoms with Crippen LogP contribution in [0.25, 0.3) is 0 Å². The van der Waals surface area contributed by atoms with Crippen molar-refractivity contribution < 1.29 is 39.9 Å². The predicted octanol–water partition coefficient (Wildman–Crippen LogP) is 8.60. The quantitative estimate of drug-likeness (QED) is 0.141. The molecule has 0 unspecified atom stereocenters. The van der Waals surface area contributed by atoms with Crippen molar-refractivity contribution in [2.75, 3.05) is 0 Å². The molecule has 0 N–H and O–H groups in total. The number of alkyl halides is 8. The largest absolute Gasteiger partial charge is 0.377 e. The molecule has 0 aliphatic carbocycles. The van der Waals surface area contributed by atoms with Gasteiger partial charge in [0, 0.05) is 19.3 Å². The number of Topliss-reactive ketones (excluding diaryl/α,β-unsaturated/α-hetero) is 1. The number of hydrogen-bond donors (Lipinski definition) is 0. The average Bonchev–Trinajstić information content (AvgIpc) is 2.67. The highest BCUT2D eigenvalue weighted by Crippen LogP contribution is 2.50. The highest BCUT2D eigenvalue weighted by Gasteiger charge is 2.74. The SMILES string of the molecule is CCC(=O)CCCCCCCCCCCCCCC(F)(F)C(F)(F)C(F)(F)C(F)F. The van der Waals surface area contributed by atoms with E-state index >= 15 is 0 Å². The zero-order valence-corrected chi connectivity index (χ0v) is 17.6. The van der Waals surface area contributed by atoms with Gasteiger partial charge in [-0.15, -0.1) is 0 Å². The summed E-state index contributed by atoms with van der Waals surface area (Å²) >= 11 is 0. The molecule has 0 radical (unpaired) electrons. The first-order valence-electron chi connectivity index (χ1n) is 10.8. The molecule has 0 rings (SSSR count). The van der Waals surface area contributed by atoms with Crippen LogP contribution in [-0.2, 0) is 4.79 Å². The summed E-state index contributed by atoms with van der Waals surface area (Å²) in [5.74, 6) is -17.0. The standard InChI is InChI=1S/C21H34F8O/c1-2-17(30)15-13-11-9-7-5-3-4-6-8-10-12-14-16-19(24,25)21(28,29)20(26,27)18(22)23/h18H,2-16H2,1H3. The highest BCUT2D eigenvalue weighted by molar-refractivity contribution is 5.77. The molecule has 1 nitrogen and oxygen atoms in total. The molecule has 0 aromatic rings. The van der Waals surface area contributed by atoms with E-state index in [4.69, 9.17) is 0 Å². The maximum atomic E-state index is 13.4. The molecule has 9 heteroatoms. The summed E-state index contributed by atoms with van der Waals surface area (Å²) in [7, 11) is 0. The number of rotatable bonds is 19. The summed E-state index contributed by atoms with van der Waals surface area (Å²) in [6, 6.07) is 0. The van der Waals surface area contributed by atoms with E-state index in [0.29, 0.717) is 31.5 Å². The minimum atomic E-state index is -6.08. The molecular weight excluding hydrogens is 420 g/mol. The van der Waals surface area contributed by atoms with Gasteiger partial charge in [-0.2, -0.15) is 26.3 Å². The van der Waals surface area contributed by atoms with Crippen molar-refractivity contribution in [2.45, 2.75) is 127 Å². The van der Waals surface area contributed by atoms with Crippen LogP contribution in [0.5, 0.6) is 0 Å². The van der Waals surface area contributed by atoms with Gasteiger partial charge >= 0.3 is 24.2 Å². The summed E-state index contributed by atoms with van der Waals surface area (Å²) in [4.78, 5) is 11.1. The summed E-state index contributed by atoms with van der Waals surface area (Å²) in [5, 5.41) is 0. The van der Waals surface area contributed by atoms with Gasteiger partial charge in [-0.05, 0) is 12.8 Å². The van der Waals surface area contributed by atoms with Gasteiger partial charge in [-0.1, -0.05) is 71.1 Å². The van der Waals surface area contributed by atoms with Crippen molar-refractivity contribution in [2.24, 2.45) is 0 Å². The molecule has 0 bridgehead atoms. The Bertz CT molecular complexity index is 466. The first kappa shape index (κ1) is 29.1. The van der Waals surface area contributed by atoms with E-state index in [9.17, 15) is 39.9 Å². The normalized spacial score (nSPS) is 13.3. The summed E-state index contributed by atoms with van der Waals surface area (Å²) in [6.07, 6.45) is 3.83. The number of carbonyl (C=O) groups is 1. The molecule has 0 aromatic heterocycles. The summed E-state index contributed by atoms with van der Waals surface area (Å²) in [5.41, 5.74) is 0. The Morgan fingerprint density at radius 2 is 1.03 bits per heavy atom. The zero-order valence-electron chi connectivity index (χ0n) is 17.6. The second-order valence-electron chi connectivity index (χ2n) is 7.84. The highest BCUT2D eigenvalue weighted by atomic mass is 19.4. The predicted molar refractivity (Wildman–Crippen MR) is 101 cm³/mol. The van der Waals surface area contributed by atoms with Crippen LogP contribution in [0.15, 0.2) is 0 Å². The van der Waals surface area contributed by atoms with Gasteiger partial charge in [0.1, 0.15) is 5.78 Å². The molecule has 0 aromatic carbocycles. The van der Waals surface area contributed by atoms with E-state index in [0.717, 1.165) is 51.4 Å². The fourth-order valence-corrected chi connectivity index (χ4v) is 3.15. The van der Waals surface area contributed by atoms with Crippen molar-refractivity contribution in [1.82, 2.24) is 0 Å². The molecule has 0 saturated carbocycles. The van der Waals surface area contributed by atoms with E-state index in [2.05, 4.69) is 0 Å². The zero-order chi connectivity index (χ0) is 23.3. The third-order valence-electron chi connectivity index (χ3n) is 5.24. The molecule has 0 heterocycles. The lowest BCUT2D eigenvalue weighted by Crippen LogP contribution is -2.57. The van der Waals surface area contributed by atoms with Crippen LogP contribution in [0.3, 0.4) is 0 Å². The minimum Gasteiger partial charge on any atom is -0.300 e. The summed E-state index contributed by atoms with van der Waals surface area (Å²) < 4.78 is 102. The van der Waals surface area contributed by atoms with Crippen LogP contribution in [0, 0.1) is 0 Å². The monoisotopic (exact) mass is 454 g/mol. The van der Waals surface area contributed by atoms with Gasteiger partial charge < -0.3 is 0 Å². The maximum absolute atomic E-state index is 13.4. The van der Waals surface area contributed by atoms with Gasteiger partial charge in [0.15, 0.2) is 0 Å². The Labute approximate surface area is 174 Å². The molecule has 0 aliphatic heterocycles. The Morgan fingerprint density at radius 1 is 0.667 bits per heavy atom. The topological polar surface area (TPSA) is 17.1 Å². The van der Waals surface area contributed by atoms with Gasteiger partial charge in [0.25, 0.3) is 0 Å². The molecule has 0 aliphatic rings. The molecule has 0 amide bonds. The van der Waals surface area contributed by atoms with Gasteiger partial charge in [0.05, 0.1) is 0 Å².